The van der Waals surface area contributed by atoms with Crippen molar-refractivity contribution in [1.29, 1.82) is 0 Å². The molecule has 1 saturated heterocycles. The summed E-state index contributed by atoms with van der Waals surface area (Å²) in [6.07, 6.45) is -0.0172. The lowest BCUT2D eigenvalue weighted by Gasteiger charge is -2.20. The van der Waals surface area contributed by atoms with Crippen molar-refractivity contribution in [2.45, 2.75) is 6.42 Å². The molecule has 9 nitrogen and oxygen atoms in total. The zero-order valence-electron chi connectivity index (χ0n) is 17.5. The van der Waals surface area contributed by atoms with Crippen LogP contribution >= 0.6 is 0 Å². The van der Waals surface area contributed by atoms with Gasteiger partial charge in [-0.1, -0.05) is 6.07 Å². The third-order valence-corrected chi connectivity index (χ3v) is 4.83. The molecule has 0 radical (unpaired) electrons. The van der Waals surface area contributed by atoms with E-state index in [1.807, 2.05) is 0 Å². The van der Waals surface area contributed by atoms with Gasteiger partial charge in [0, 0.05) is 30.8 Å². The molecule has 0 spiro atoms. The van der Waals surface area contributed by atoms with E-state index < -0.39 is 24.4 Å². The van der Waals surface area contributed by atoms with Gasteiger partial charge in [-0.25, -0.2) is 0 Å². The van der Waals surface area contributed by atoms with Gasteiger partial charge in [0.2, 0.25) is 5.91 Å². The zero-order chi connectivity index (χ0) is 22.4. The molecule has 1 N–H and O–H groups in total. The molecule has 1 heterocycles. The molecular formula is C22H24N2O7. The van der Waals surface area contributed by atoms with Crippen LogP contribution in [0.25, 0.3) is 0 Å². The lowest BCUT2D eigenvalue weighted by atomic mass is 10.1. The summed E-state index contributed by atoms with van der Waals surface area (Å²) in [5, 5.41) is 2.63. The average Bonchev–Trinajstić information content (AvgIpc) is 3.18. The maximum absolute atomic E-state index is 12.5. The Labute approximate surface area is 179 Å². The van der Waals surface area contributed by atoms with Crippen LogP contribution in [-0.4, -0.2) is 52.3 Å². The fourth-order valence-corrected chi connectivity index (χ4v) is 3.26. The van der Waals surface area contributed by atoms with E-state index in [4.69, 9.17) is 18.9 Å². The van der Waals surface area contributed by atoms with Crippen molar-refractivity contribution in [1.82, 2.24) is 0 Å². The Morgan fingerprint density at radius 3 is 2.48 bits per heavy atom. The monoisotopic (exact) mass is 428 g/mol. The standard InChI is InChI=1S/C22H24N2O7/c1-28-16-6-4-5-15(10-16)23-20(25)13-31-22(27)14-9-21(26)24(12-14)18-11-17(29-2)7-8-19(18)30-3/h4-8,10-11,14H,9,12-13H2,1-3H3,(H,23,25)/t14-/m0/s1. The molecule has 0 aromatic heterocycles. The van der Waals surface area contributed by atoms with Crippen molar-refractivity contribution in [2.75, 3.05) is 44.7 Å². The topological polar surface area (TPSA) is 103 Å². The molecule has 2 aromatic rings. The van der Waals surface area contributed by atoms with E-state index in [-0.39, 0.29) is 18.9 Å². The summed E-state index contributed by atoms with van der Waals surface area (Å²) >= 11 is 0. The third kappa shape index (κ3) is 5.25. The van der Waals surface area contributed by atoms with Crippen molar-refractivity contribution in [3.05, 3.63) is 42.5 Å². The third-order valence-electron chi connectivity index (χ3n) is 4.83. The number of carbonyl (C=O) groups excluding carboxylic acids is 3. The van der Waals surface area contributed by atoms with E-state index in [0.29, 0.717) is 28.6 Å². The van der Waals surface area contributed by atoms with Crippen LogP contribution in [0.5, 0.6) is 17.2 Å². The second kappa shape index (κ2) is 9.84. The van der Waals surface area contributed by atoms with Gasteiger partial charge in [-0.3, -0.25) is 14.4 Å². The van der Waals surface area contributed by atoms with E-state index >= 15 is 0 Å². The number of hydrogen-bond donors (Lipinski definition) is 1. The van der Waals surface area contributed by atoms with Gasteiger partial charge in [-0.2, -0.15) is 0 Å². The number of carbonyl (C=O) groups is 3. The molecule has 0 bridgehead atoms. The normalized spacial score (nSPS) is 15.4. The first-order valence-corrected chi connectivity index (χ1v) is 9.58. The highest BCUT2D eigenvalue weighted by molar-refractivity contribution is 6.01. The molecule has 1 fully saturated rings. The van der Waals surface area contributed by atoms with Crippen LogP contribution in [0.15, 0.2) is 42.5 Å². The molecule has 9 heteroatoms. The first kappa shape index (κ1) is 21.9. The number of benzene rings is 2. The number of amides is 2. The first-order chi connectivity index (χ1) is 14.9. The SMILES string of the molecule is COc1cccc(NC(=O)COC(=O)[C@H]2CC(=O)N(c3cc(OC)ccc3OC)C2)c1. The van der Waals surface area contributed by atoms with Crippen molar-refractivity contribution in [2.24, 2.45) is 5.92 Å². The van der Waals surface area contributed by atoms with Gasteiger partial charge >= 0.3 is 5.97 Å². The van der Waals surface area contributed by atoms with Crippen LogP contribution in [0.2, 0.25) is 0 Å². The predicted octanol–water partition coefficient (Wildman–Crippen LogP) is 2.25. The lowest BCUT2D eigenvalue weighted by Crippen LogP contribution is -2.28. The summed E-state index contributed by atoms with van der Waals surface area (Å²) < 4.78 is 20.8. The van der Waals surface area contributed by atoms with E-state index in [1.54, 1.807) is 42.5 Å². The summed E-state index contributed by atoms with van der Waals surface area (Å²) in [6, 6.07) is 11.9. The molecule has 1 atom stereocenters. The van der Waals surface area contributed by atoms with Crippen LogP contribution in [-0.2, 0) is 19.1 Å². The quantitative estimate of drug-likeness (QED) is 0.643. The zero-order valence-corrected chi connectivity index (χ0v) is 17.5. The van der Waals surface area contributed by atoms with Crippen LogP contribution in [0.3, 0.4) is 0 Å². The second-order valence-corrected chi connectivity index (χ2v) is 6.83. The van der Waals surface area contributed by atoms with Crippen LogP contribution in [0.1, 0.15) is 6.42 Å². The highest BCUT2D eigenvalue weighted by Gasteiger charge is 2.37. The van der Waals surface area contributed by atoms with Crippen molar-refractivity contribution in [3.8, 4) is 17.2 Å². The van der Waals surface area contributed by atoms with Gasteiger partial charge in [-0.05, 0) is 24.3 Å². The molecule has 0 aliphatic carbocycles. The largest absolute Gasteiger partial charge is 0.497 e. The van der Waals surface area contributed by atoms with Crippen molar-refractivity contribution in [3.63, 3.8) is 0 Å². The van der Waals surface area contributed by atoms with Gasteiger partial charge in [0.05, 0.1) is 32.9 Å². The first-order valence-electron chi connectivity index (χ1n) is 9.58. The summed E-state index contributed by atoms with van der Waals surface area (Å²) in [7, 11) is 4.54. The van der Waals surface area contributed by atoms with Crippen molar-refractivity contribution >= 4 is 29.2 Å². The Bertz CT molecular complexity index is 976. The molecule has 164 valence electrons. The minimum atomic E-state index is -0.687. The average molecular weight is 428 g/mol. The maximum Gasteiger partial charge on any atom is 0.311 e. The Hall–Kier alpha value is -3.75. The Kier molecular flexibility index (Phi) is 6.96. The van der Waals surface area contributed by atoms with Gasteiger partial charge < -0.3 is 29.2 Å². The fraction of sp³-hybridized carbons (Fsp3) is 0.318. The van der Waals surface area contributed by atoms with Gasteiger partial charge in [-0.15, -0.1) is 0 Å². The van der Waals surface area contributed by atoms with Gasteiger partial charge in [0.15, 0.2) is 6.61 Å². The van der Waals surface area contributed by atoms with Gasteiger partial charge in [0.25, 0.3) is 5.91 Å². The number of methoxy groups -OCH3 is 3. The van der Waals surface area contributed by atoms with Crippen LogP contribution in [0.4, 0.5) is 11.4 Å². The second-order valence-electron chi connectivity index (χ2n) is 6.83. The summed E-state index contributed by atoms with van der Waals surface area (Å²) in [4.78, 5) is 38.5. The molecular weight excluding hydrogens is 404 g/mol. The highest BCUT2D eigenvalue weighted by Crippen LogP contribution is 2.36. The molecule has 0 unspecified atom stereocenters. The Morgan fingerprint density at radius 1 is 1.03 bits per heavy atom. The summed E-state index contributed by atoms with van der Waals surface area (Å²) in [6.45, 7) is -0.331. The van der Waals surface area contributed by atoms with E-state index in [1.165, 1.54) is 26.2 Å². The molecule has 2 amide bonds. The molecule has 1 aliphatic heterocycles. The number of hydrogen-bond acceptors (Lipinski definition) is 7. The van der Waals surface area contributed by atoms with E-state index in [2.05, 4.69) is 5.32 Å². The number of esters is 1. The summed E-state index contributed by atoms with van der Waals surface area (Å²) in [5.41, 5.74) is 1.03. The summed E-state index contributed by atoms with van der Waals surface area (Å²) in [5.74, 6) is -0.393. The van der Waals surface area contributed by atoms with E-state index in [9.17, 15) is 14.4 Å². The molecule has 31 heavy (non-hydrogen) atoms. The maximum atomic E-state index is 12.5. The highest BCUT2D eigenvalue weighted by atomic mass is 16.5. The number of ether oxygens (including phenoxy) is 4. The molecule has 3 rings (SSSR count). The van der Waals surface area contributed by atoms with Gasteiger partial charge in [0.1, 0.15) is 17.2 Å². The molecule has 1 aliphatic rings. The Morgan fingerprint density at radius 2 is 1.77 bits per heavy atom. The molecule has 2 aromatic carbocycles. The smallest absolute Gasteiger partial charge is 0.311 e. The van der Waals surface area contributed by atoms with Crippen LogP contribution < -0.4 is 24.4 Å². The number of anilines is 2. The number of nitrogens with one attached hydrogen (secondary N) is 1. The van der Waals surface area contributed by atoms with E-state index in [0.717, 1.165) is 0 Å². The fourth-order valence-electron chi connectivity index (χ4n) is 3.26. The lowest BCUT2D eigenvalue weighted by molar-refractivity contribution is -0.151. The molecule has 0 saturated carbocycles. The van der Waals surface area contributed by atoms with Crippen molar-refractivity contribution < 1.29 is 33.3 Å². The minimum absolute atomic E-state index is 0.0172. The number of nitrogens with zero attached hydrogens (tertiary/aromatic N) is 1. The minimum Gasteiger partial charge on any atom is -0.497 e. The Balaban J connectivity index is 1.58. The number of rotatable bonds is 8. The predicted molar refractivity (Wildman–Crippen MR) is 113 cm³/mol. The van der Waals surface area contributed by atoms with Crippen LogP contribution in [0, 0.1) is 5.92 Å².